The van der Waals surface area contributed by atoms with Crippen molar-refractivity contribution in [1.29, 1.82) is 0 Å². The maximum absolute atomic E-state index is 12.8. The maximum atomic E-state index is 12.8. The Labute approximate surface area is 154 Å². The Kier molecular flexibility index (Phi) is 5.66. The second-order valence-electron chi connectivity index (χ2n) is 6.94. The summed E-state index contributed by atoms with van der Waals surface area (Å²) in [7, 11) is 5.07. The third kappa shape index (κ3) is 3.62. The molecular formula is C19H27N3O4. The molecule has 0 spiro atoms. The van der Waals surface area contributed by atoms with Crippen molar-refractivity contribution < 1.29 is 19.1 Å². The Morgan fingerprint density at radius 1 is 1.23 bits per heavy atom. The first-order valence-electron chi connectivity index (χ1n) is 9.03. The number of carbonyl (C=O) groups excluding carboxylic acids is 2. The quantitative estimate of drug-likeness (QED) is 0.822. The number of nitrogens with one attached hydrogen (secondary N) is 1. The molecule has 26 heavy (non-hydrogen) atoms. The standard InChI is InChI=1S/C19H27N3O4/c1-20-10-13-6-7-21(11-13)19(24)14-8-18(23)22(12-14)15-4-5-16(25-2)17(9-15)26-3/h4-5,9,13-14,20H,6-8,10-12H2,1-3H3/t13-,14+/m0/s1. The number of amides is 2. The number of anilines is 1. The minimum absolute atomic E-state index is 0.0264. The summed E-state index contributed by atoms with van der Waals surface area (Å²) in [5, 5.41) is 3.17. The average Bonchev–Trinajstić information content (AvgIpc) is 3.27. The Balaban J connectivity index is 1.68. The summed E-state index contributed by atoms with van der Waals surface area (Å²) in [6, 6.07) is 5.38. The number of benzene rings is 1. The first-order valence-corrected chi connectivity index (χ1v) is 9.03. The van der Waals surface area contributed by atoms with Crippen LogP contribution in [0, 0.1) is 11.8 Å². The van der Waals surface area contributed by atoms with Crippen molar-refractivity contribution in [3.8, 4) is 11.5 Å². The molecular weight excluding hydrogens is 334 g/mol. The van der Waals surface area contributed by atoms with E-state index in [1.165, 1.54) is 0 Å². The first-order chi connectivity index (χ1) is 12.6. The number of nitrogens with zero attached hydrogens (tertiary/aromatic N) is 2. The molecule has 1 N–H and O–H groups in total. The van der Waals surface area contributed by atoms with Gasteiger partial charge in [0.15, 0.2) is 11.5 Å². The molecule has 2 amide bonds. The molecule has 2 heterocycles. The summed E-state index contributed by atoms with van der Waals surface area (Å²) in [5.74, 6) is 1.48. The third-order valence-corrected chi connectivity index (χ3v) is 5.24. The van der Waals surface area contributed by atoms with Gasteiger partial charge in [0.05, 0.1) is 20.1 Å². The lowest BCUT2D eigenvalue weighted by Gasteiger charge is -2.21. The molecule has 7 nitrogen and oxygen atoms in total. The lowest BCUT2D eigenvalue weighted by Crippen LogP contribution is -2.36. The van der Waals surface area contributed by atoms with Crippen LogP contribution in [-0.4, -0.2) is 64.2 Å². The van der Waals surface area contributed by atoms with Gasteiger partial charge in [-0.1, -0.05) is 0 Å². The van der Waals surface area contributed by atoms with Crippen LogP contribution >= 0.6 is 0 Å². The molecule has 0 saturated carbocycles. The summed E-state index contributed by atoms with van der Waals surface area (Å²) in [4.78, 5) is 28.9. The summed E-state index contributed by atoms with van der Waals surface area (Å²) >= 11 is 0. The molecule has 0 aliphatic carbocycles. The van der Waals surface area contributed by atoms with Crippen LogP contribution in [0.25, 0.3) is 0 Å². The maximum Gasteiger partial charge on any atom is 0.228 e. The van der Waals surface area contributed by atoms with Gasteiger partial charge in [-0.15, -0.1) is 0 Å². The summed E-state index contributed by atoms with van der Waals surface area (Å²) in [5.41, 5.74) is 0.734. The molecule has 7 heteroatoms. The van der Waals surface area contributed by atoms with Crippen LogP contribution in [0.5, 0.6) is 11.5 Å². The van der Waals surface area contributed by atoms with Crippen LogP contribution in [0.1, 0.15) is 12.8 Å². The fraction of sp³-hybridized carbons (Fsp3) is 0.579. The molecule has 0 aromatic heterocycles. The summed E-state index contributed by atoms with van der Waals surface area (Å²) in [6.07, 6.45) is 1.28. The van der Waals surface area contributed by atoms with E-state index in [0.717, 1.165) is 31.7 Å². The van der Waals surface area contributed by atoms with Gasteiger partial charge >= 0.3 is 0 Å². The lowest BCUT2D eigenvalue weighted by atomic mass is 10.1. The van der Waals surface area contributed by atoms with E-state index in [2.05, 4.69) is 5.32 Å². The van der Waals surface area contributed by atoms with Crippen molar-refractivity contribution >= 4 is 17.5 Å². The van der Waals surface area contributed by atoms with Gasteiger partial charge < -0.3 is 24.6 Å². The normalized spacial score (nSPS) is 22.8. The largest absolute Gasteiger partial charge is 0.493 e. The van der Waals surface area contributed by atoms with Gasteiger partial charge in [-0.05, 0) is 38.1 Å². The van der Waals surface area contributed by atoms with E-state index >= 15 is 0 Å². The second kappa shape index (κ2) is 7.95. The van der Waals surface area contributed by atoms with Crippen LogP contribution in [-0.2, 0) is 9.59 Å². The predicted octanol–water partition coefficient (Wildman–Crippen LogP) is 1.12. The fourth-order valence-electron chi connectivity index (χ4n) is 3.86. The molecule has 2 aliphatic rings. The first kappa shape index (κ1) is 18.5. The highest BCUT2D eigenvalue weighted by molar-refractivity contribution is 6.00. The van der Waals surface area contributed by atoms with Gasteiger partial charge in [0.25, 0.3) is 0 Å². The molecule has 1 aromatic carbocycles. The van der Waals surface area contributed by atoms with Crippen molar-refractivity contribution in [3.05, 3.63) is 18.2 Å². The molecule has 0 bridgehead atoms. The van der Waals surface area contributed by atoms with Crippen LogP contribution in [0.2, 0.25) is 0 Å². The van der Waals surface area contributed by atoms with Crippen LogP contribution in [0.3, 0.4) is 0 Å². The molecule has 3 rings (SSSR count). The molecule has 0 unspecified atom stereocenters. The van der Waals surface area contributed by atoms with Crippen molar-refractivity contribution in [2.75, 3.05) is 52.3 Å². The number of carbonyl (C=O) groups is 2. The van der Waals surface area contributed by atoms with E-state index in [1.54, 1.807) is 31.3 Å². The van der Waals surface area contributed by atoms with Gasteiger partial charge in [0.1, 0.15) is 0 Å². The SMILES string of the molecule is CNC[C@@H]1CCN(C(=O)[C@@H]2CC(=O)N(c3ccc(OC)c(OC)c3)C2)C1. The Morgan fingerprint density at radius 3 is 2.69 bits per heavy atom. The molecule has 142 valence electrons. The predicted molar refractivity (Wildman–Crippen MR) is 98.6 cm³/mol. The average molecular weight is 361 g/mol. The number of hydrogen-bond acceptors (Lipinski definition) is 5. The highest BCUT2D eigenvalue weighted by atomic mass is 16.5. The number of hydrogen-bond donors (Lipinski definition) is 1. The number of rotatable bonds is 6. The highest BCUT2D eigenvalue weighted by Crippen LogP contribution is 2.34. The van der Waals surface area contributed by atoms with Crippen LogP contribution in [0.15, 0.2) is 18.2 Å². The zero-order chi connectivity index (χ0) is 18.7. The number of ether oxygens (including phenoxy) is 2. The minimum atomic E-state index is -0.274. The molecule has 2 aliphatic heterocycles. The summed E-state index contributed by atoms with van der Waals surface area (Å²) in [6.45, 7) is 2.90. The minimum Gasteiger partial charge on any atom is -0.493 e. The molecule has 2 fully saturated rings. The highest BCUT2D eigenvalue weighted by Gasteiger charge is 2.39. The van der Waals surface area contributed by atoms with Crippen molar-refractivity contribution in [3.63, 3.8) is 0 Å². The molecule has 2 atom stereocenters. The zero-order valence-corrected chi connectivity index (χ0v) is 15.7. The van der Waals surface area contributed by atoms with E-state index in [9.17, 15) is 9.59 Å². The molecule has 1 aromatic rings. The van der Waals surface area contributed by atoms with E-state index in [0.29, 0.717) is 24.0 Å². The smallest absolute Gasteiger partial charge is 0.228 e. The second-order valence-corrected chi connectivity index (χ2v) is 6.94. The summed E-state index contributed by atoms with van der Waals surface area (Å²) < 4.78 is 10.6. The van der Waals surface area contributed by atoms with Gasteiger partial charge in [0, 0.05) is 37.8 Å². The Hall–Kier alpha value is -2.28. The lowest BCUT2D eigenvalue weighted by molar-refractivity contribution is -0.134. The zero-order valence-electron chi connectivity index (χ0n) is 15.7. The number of likely N-dealkylation sites (tertiary alicyclic amines) is 1. The van der Waals surface area contributed by atoms with Crippen LogP contribution < -0.4 is 19.7 Å². The van der Waals surface area contributed by atoms with E-state index in [1.807, 2.05) is 18.0 Å². The van der Waals surface area contributed by atoms with Gasteiger partial charge in [-0.25, -0.2) is 0 Å². The van der Waals surface area contributed by atoms with Gasteiger partial charge in [0.2, 0.25) is 11.8 Å². The Morgan fingerprint density at radius 2 is 2.00 bits per heavy atom. The monoisotopic (exact) mass is 361 g/mol. The molecule has 0 radical (unpaired) electrons. The molecule has 2 saturated heterocycles. The topological polar surface area (TPSA) is 71.1 Å². The van der Waals surface area contributed by atoms with Crippen molar-refractivity contribution in [2.24, 2.45) is 11.8 Å². The van der Waals surface area contributed by atoms with Crippen molar-refractivity contribution in [1.82, 2.24) is 10.2 Å². The fourth-order valence-corrected chi connectivity index (χ4v) is 3.86. The Bertz CT molecular complexity index is 679. The third-order valence-electron chi connectivity index (χ3n) is 5.24. The van der Waals surface area contributed by atoms with E-state index in [-0.39, 0.29) is 24.2 Å². The van der Waals surface area contributed by atoms with E-state index < -0.39 is 0 Å². The number of methoxy groups -OCH3 is 2. The van der Waals surface area contributed by atoms with Crippen LogP contribution in [0.4, 0.5) is 5.69 Å². The van der Waals surface area contributed by atoms with Crippen molar-refractivity contribution in [2.45, 2.75) is 12.8 Å². The van der Waals surface area contributed by atoms with E-state index in [4.69, 9.17) is 9.47 Å². The van der Waals surface area contributed by atoms with Gasteiger partial charge in [-0.2, -0.15) is 0 Å². The van der Waals surface area contributed by atoms with Gasteiger partial charge in [-0.3, -0.25) is 9.59 Å².